The Labute approximate surface area is 137 Å². The summed E-state index contributed by atoms with van der Waals surface area (Å²) in [6.45, 7) is 6.83. The van der Waals surface area contributed by atoms with E-state index in [-0.39, 0.29) is 24.4 Å². The maximum Gasteiger partial charge on any atom is 0.309 e. The standard InChI is InChI=1S/C18H27NO4/c1-18(2,3)14-8-6-13(7-9-14)17(21)23-12-16(20)19-11-15-5-4-10-22-15/h4-5,10,13-14H,6-9,11-12H2,1-3H3,(H,19,20). The van der Waals surface area contributed by atoms with Crippen molar-refractivity contribution in [3.8, 4) is 0 Å². The second-order valence-corrected chi connectivity index (χ2v) is 7.38. The molecule has 1 aliphatic rings. The molecule has 23 heavy (non-hydrogen) atoms. The van der Waals surface area contributed by atoms with Crippen LogP contribution in [-0.2, 0) is 20.9 Å². The number of hydrogen-bond acceptors (Lipinski definition) is 4. The number of carbonyl (C=O) groups is 2. The van der Waals surface area contributed by atoms with E-state index < -0.39 is 0 Å². The average Bonchev–Trinajstić information content (AvgIpc) is 3.03. The number of carbonyl (C=O) groups excluding carboxylic acids is 2. The lowest BCUT2D eigenvalue weighted by atomic mass is 9.70. The largest absolute Gasteiger partial charge is 0.467 e. The van der Waals surface area contributed by atoms with Gasteiger partial charge in [0, 0.05) is 0 Å². The van der Waals surface area contributed by atoms with Crippen molar-refractivity contribution >= 4 is 11.9 Å². The zero-order valence-corrected chi connectivity index (χ0v) is 14.3. The first-order valence-corrected chi connectivity index (χ1v) is 8.32. The molecule has 0 aromatic carbocycles. The van der Waals surface area contributed by atoms with E-state index in [0.29, 0.717) is 23.6 Å². The second kappa shape index (κ2) is 7.66. The fourth-order valence-electron chi connectivity index (χ4n) is 3.10. The van der Waals surface area contributed by atoms with E-state index in [9.17, 15) is 9.59 Å². The van der Waals surface area contributed by atoms with E-state index in [1.165, 1.54) is 0 Å². The Morgan fingerprint density at radius 3 is 2.52 bits per heavy atom. The van der Waals surface area contributed by atoms with Gasteiger partial charge in [0.25, 0.3) is 5.91 Å². The lowest BCUT2D eigenvalue weighted by Gasteiger charge is -2.36. The van der Waals surface area contributed by atoms with E-state index in [1.807, 2.05) is 0 Å². The molecule has 0 spiro atoms. The molecule has 0 aliphatic heterocycles. The molecule has 0 unspecified atom stereocenters. The Hall–Kier alpha value is -1.78. The highest BCUT2D eigenvalue weighted by Crippen LogP contribution is 2.40. The molecule has 128 valence electrons. The first-order chi connectivity index (χ1) is 10.9. The van der Waals surface area contributed by atoms with E-state index in [1.54, 1.807) is 18.4 Å². The Kier molecular flexibility index (Phi) is 5.85. The summed E-state index contributed by atoms with van der Waals surface area (Å²) in [5.74, 6) is 0.712. The topological polar surface area (TPSA) is 68.5 Å². The fourth-order valence-corrected chi connectivity index (χ4v) is 3.10. The van der Waals surface area contributed by atoms with E-state index >= 15 is 0 Å². The fraction of sp³-hybridized carbons (Fsp3) is 0.667. The van der Waals surface area contributed by atoms with Crippen LogP contribution in [0, 0.1) is 17.3 Å². The predicted octanol–water partition coefficient (Wildman–Crippen LogP) is 3.29. The SMILES string of the molecule is CC(C)(C)C1CCC(C(=O)OCC(=O)NCc2ccco2)CC1. The summed E-state index contributed by atoms with van der Waals surface area (Å²) in [6.07, 6.45) is 5.36. The van der Waals surface area contributed by atoms with E-state index in [4.69, 9.17) is 9.15 Å². The van der Waals surface area contributed by atoms with Crippen molar-refractivity contribution in [1.82, 2.24) is 5.32 Å². The summed E-state index contributed by atoms with van der Waals surface area (Å²) in [4.78, 5) is 23.8. The van der Waals surface area contributed by atoms with Gasteiger partial charge in [0.2, 0.25) is 0 Å². The summed E-state index contributed by atoms with van der Waals surface area (Å²) < 4.78 is 10.3. The second-order valence-electron chi connectivity index (χ2n) is 7.38. The highest BCUT2D eigenvalue weighted by atomic mass is 16.5. The van der Waals surface area contributed by atoms with E-state index in [2.05, 4.69) is 26.1 Å². The maximum atomic E-state index is 12.1. The van der Waals surface area contributed by atoms with Gasteiger partial charge in [-0.2, -0.15) is 0 Å². The predicted molar refractivity (Wildman–Crippen MR) is 86.4 cm³/mol. The zero-order chi connectivity index (χ0) is 16.9. The number of amides is 1. The van der Waals surface area contributed by atoms with Crippen LogP contribution >= 0.6 is 0 Å². The van der Waals surface area contributed by atoms with Crippen LogP contribution in [0.15, 0.2) is 22.8 Å². The third-order valence-electron chi connectivity index (χ3n) is 4.67. The Bertz CT molecular complexity index is 508. The van der Waals surface area contributed by atoms with Crippen molar-refractivity contribution in [1.29, 1.82) is 0 Å². The third-order valence-corrected chi connectivity index (χ3v) is 4.67. The lowest BCUT2D eigenvalue weighted by molar-refractivity contribution is -0.154. The number of rotatable bonds is 5. The molecule has 5 nitrogen and oxygen atoms in total. The highest BCUT2D eigenvalue weighted by Gasteiger charge is 2.33. The molecule has 0 radical (unpaired) electrons. The minimum absolute atomic E-state index is 0.0635. The van der Waals surface area contributed by atoms with Gasteiger partial charge in [0.05, 0.1) is 18.7 Å². The molecule has 0 saturated heterocycles. The molecule has 0 atom stereocenters. The molecule has 1 heterocycles. The number of furan rings is 1. The highest BCUT2D eigenvalue weighted by molar-refractivity contribution is 5.81. The number of esters is 1. The van der Waals surface area contributed by atoms with Crippen molar-refractivity contribution in [2.45, 2.75) is 53.0 Å². The van der Waals surface area contributed by atoms with Crippen molar-refractivity contribution < 1.29 is 18.7 Å². The quantitative estimate of drug-likeness (QED) is 0.845. The van der Waals surface area contributed by atoms with Crippen LogP contribution in [0.25, 0.3) is 0 Å². The number of ether oxygens (including phenoxy) is 1. The van der Waals surface area contributed by atoms with Crippen molar-refractivity contribution in [3.63, 3.8) is 0 Å². The van der Waals surface area contributed by atoms with Gasteiger partial charge < -0.3 is 14.5 Å². The first-order valence-electron chi connectivity index (χ1n) is 8.32. The molecule has 5 heteroatoms. The molecule has 1 aliphatic carbocycles. The minimum Gasteiger partial charge on any atom is -0.467 e. The number of hydrogen-bond donors (Lipinski definition) is 1. The molecular formula is C18H27NO4. The van der Waals surface area contributed by atoms with Gasteiger partial charge >= 0.3 is 5.97 Å². The Morgan fingerprint density at radius 1 is 1.26 bits per heavy atom. The molecule has 1 aromatic heterocycles. The van der Waals surface area contributed by atoms with Gasteiger partial charge in [0.1, 0.15) is 5.76 Å². The summed E-state index contributed by atoms with van der Waals surface area (Å²) in [5.41, 5.74) is 0.292. The molecule has 1 amide bonds. The van der Waals surface area contributed by atoms with Crippen molar-refractivity contribution in [3.05, 3.63) is 24.2 Å². The minimum atomic E-state index is -0.307. The molecular weight excluding hydrogens is 294 g/mol. The summed E-state index contributed by atoms with van der Waals surface area (Å²) in [6, 6.07) is 3.54. The summed E-state index contributed by atoms with van der Waals surface area (Å²) in [5, 5.41) is 2.66. The molecule has 1 fully saturated rings. The van der Waals surface area contributed by atoms with Crippen LogP contribution in [0.2, 0.25) is 0 Å². The smallest absolute Gasteiger partial charge is 0.309 e. The molecule has 0 bridgehead atoms. The van der Waals surface area contributed by atoms with Crippen LogP contribution in [0.5, 0.6) is 0 Å². The summed E-state index contributed by atoms with van der Waals surface area (Å²) >= 11 is 0. The lowest BCUT2D eigenvalue weighted by Crippen LogP contribution is -2.32. The van der Waals surface area contributed by atoms with Gasteiger partial charge in [-0.05, 0) is 49.1 Å². The Balaban J connectivity index is 1.66. The van der Waals surface area contributed by atoms with Crippen LogP contribution in [0.4, 0.5) is 0 Å². The molecule has 2 rings (SSSR count). The van der Waals surface area contributed by atoms with Crippen LogP contribution in [-0.4, -0.2) is 18.5 Å². The zero-order valence-electron chi connectivity index (χ0n) is 14.3. The van der Waals surface area contributed by atoms with Crippen molar-refractivity contribution in [2.75, 3.05) is 6.61 Å². The third kappa shape index (κ3) is 5.41. The van der Waals surface area contributed by atoms with Crippen LogP contribution in [0.1, 0.15) is 52.2 Å². The van der Waals surface area contributed by atoms with Gasteiger partial charge in [-0.15, -0.1) is 0 Å². The normalized spacial score (nSPS) is 21.7. The first kappa shape index (κ1) is 17.6. The average molecular weight is 321 g/mol. The van der Waals surface area contributed by atoms with Crippen LogP contribution < -0.4 is 5.32 Å². The van der Waals surface area contributed by atoms with E-state index in [0.717, 1.165) is 25.7 Å². The van der Waals surface area contributed by atoms with Crippen LogP contribution in [0.3, 0.4) is 0 Å². The maximum absolute atomic E-state index is 12.1. The molecule has 1 aromatic rings. The summed E-state index contributed by atoms with van der Waals surface area (Å²) in [7, 11) is 0. The van der Waals surface area contributed by atoms with Gasteiger partial charge in [0.15, 0.2) is 6.61 Å². The van der Waals surface area contributed by atoms with Gasteiger partial charge in [-0.25, -0.2) is 0 Å². The van der Waals surface area contributed by atoms with Crippen molar-refractivity contribution in [2.24, 2.45) is 17.3 Å². The molecule has 1 saturated carbocycles. The molecule has 1 N–H and O–H groups in total. The Morgan fingerprint density at radius 2 is 1.96 bits per heavy atom. The van der Waals surface area contributed by atoms with Gasteiger partial charge in [-0.3, -0.25) is 9.59 Å². The van der Waals surface area contributed by atoms with Gasteiger partial charge in [-0.1, -0.05) is 20.8 Å². The number of nitrogens with one attached hydrogen (secondary N) is 1. The monoisotopic (exact) mass is 321 g/mol.